The first-order chi connectivity index (χ1) is 12.9. The Morgan fingerprint density at radius 2 is 1.85 bits per heavy atom. The van der Waals surface area contributed by atoms with Crippen LogP contribution in [0.15, 0.2) is 47.4 Å². The van der Waals surface area contributed by atoms with Gasteiger partial charge in [0.25, 0.3) is 0 Å². The fourth-order valence-electron chi connectivity index (χ4n) is 3.03. The molecule has 0 aliphatic carbocycles. The lowest BCUT2D eigenvalue weighted by Gasteiger charge is -2.24. The Labute approximate surface area is 164 Å². The number of primary sulfonamides is 1. The van der Waals surface area contributed by atoms with Gasteiger partial charge in [0.05, 0.1) is 12.3 Å². The maximum atomic E-state index is 12.3. The van der Waals surface area contributed by atoms with Crippen LogP contribution in [-0.2, 0) is 14.8 Å². The van der Waals surface area contributed by atoms with E-state index in [1.54, 1.807) is 12.1 Å². The van der Waals surface area contributed by atoms with Crippen molar-refractivity contribution >= 4 is 33.0 Å². The van der Waals surface area contributed by atoms with Crippen LogP contribution in [0.4, 0.5) is 5.69 Å². The van der Waals surface area contributed by atoms with Gasteiger partial charge in [0.15, 0.2) is 10.8 Å². The smallest absolute Gasteiger partial charge is 0.241 e. The van der Waals surface area contributed by atoms with Crippen molar-refractivity contribution in [1.29, 1.82) is 0 Å². The standard InChI is InChI=1S/C19H22N2O4S2/c1-2-24-19(26)14-12-16(21-10-6-7-11-21)18(17(13-14)27(20,22)23)25-15-8-4-3-5-9-15/h3-5,8-9,12-13H,2,6-7,10-11H2,1H3,(H2,20,22,23). The average molecular weight is 407 g/mol. The number of thiocarbonyl (C=S) groups is 1. The number of para-hydroxylation sites is 1. The van der Waals surface area contributed by atoms with Crippen LogP contribution in [-0.4, -0.2) is 33.2 Å². The van der Waals surface area contributed by atoms with Crippen LogP contribution in [0.3, 0.4) is 0 Å². The molecule has 0 amide bonds. The molecule has 0 bridgehead atoms. The summed E-state index contributed by atoms with van der Waals surface area (Å²) in [6.07, 6.45) is 2.05. The molecule has 0 spiro atoms. The Kier molecular flexibility index (Phi) is 5.98. The molecule has 1 fully saturated rings. The fourth-order valence-corrected chi connectivity index (χ4v) is 3.96. The lowest BCUT2D eigenvalue weighted by molar-refractivity contribution is 0.337. The topological polar surface area (TPSA) is 81.9 Å². The van der Waals surface area contributed by atoms with Crippen LogP contribution in [0.2, 0.25) is 0 Å². The summed E-state index contributed by atoms with van der Waals surface area (Å²) in [5.41, 5.74) is 1.15. The highest BCUT2D eigenvalue weighted by molar-refractivity contribution is 7.89. The number of hydrogen-bond acceptors (Lipinski definition) is 6. The second kappa shape index (κ2) is 8.24. The van der Waals surface area contributed by atoms with E-state index < -0.39 is 10.0 Å². The van der Waals surface area contributed by atoms with Gasteiger partial charge in [0.1, 0.15) is 10.6 Å². The van der Waals surface area contributed by atoms with Crippen LogP contribution in [0.25, 0.3) is 0 Å². The Bertz CT molecular complexity index is 924. The van der Waals surface area contributed by atoms with E-state index in [0.29, 0.717) is 23.6 Å². The van der Waals surface area contributed by atoms with Crippen molar-refractivity contribution in [3.05, 3.63) is 48.0 Å². The second-order valence-corrected chi connectivity index (χ2v) is 8.10. The van der Waals surface area contributed by atoms with E-state index in [9.17, 15) is 8.42 Å². The quantitative estimate of drug-likeness (QED) is 0.740. The van der Waals surface area contributed by atoms with E-state index >= 15 is 0 Å². The second-order valence-electron chi connectivity index (χ2n) is 6.20. The lowest BCUT2D eigenvalue weighted by atomic mass is 10.1. The third-order valence-electron chi connectivity index (χ3n) is 4.26. The molecule has 2 aromatic rings. The van der Waals surface area contributed by atoms with Crippen molar-refractivity contribution in [2.45, 2.75) is 24.7 Å². The molecule has 0 radical (unpaired) electrons. The average Bonchev–Trinajstić information content (AvgIpc) is 3.16. The van der Waals surface area contributed by atoms with Crippen molar-refractivity contribution in [3.63, 3.8) is 0 Å². The summed E-state index contributed by atoms with van der Waals surface area (Å²) < 4.78 is 36.1. The van der Waals surface area contributed by atoms with Gasteiger partial charge in [0.2, 0.25) is 10.0 Å². The summed E-state index contributed by atoms with van der Waals surface area (Å²) in [6, 6.07) is 12.3. The zero-order chi connectivity index (χ0) is 19.4. The number of sulfonamides is 1. The first-order valence-corrected chi connectivity index (χ1v) is 10.7. The molecule has 1 aliphatic rings. The number of anilines is 1. The maximum absolute atomic E-state index is 12.3. The van der Waals surface area contributed by atoms with Gasteiger partial charge in [-0.05, 0) is 56.2 Å². The molecular formula is C19H22N2O4S2. The highest BCUT2D eigenvalue weighted by Gasteiger charge is 2.27. The Balaban J connectivity index is 2.19. The van der Waals surface area contributed by atoms with Gasteiger partial charge in [-0.2, -0.15) is 0 Å². The minimum Gasteiger partial charge on any atom is -0.483 e. The number of benzene rings is 2. The van der Waals surface area contributed by atoms with E-state index in [2.05, 4.69) is 4.90 Å². The SMILES string of the molecule is CCOC(=S)c1cc(N2CCCC2)c(Oc2ccccc2)c(S(N)(=O)=O)c1. The summed E-state index contributed by atoms with van der Waals surface area (Å²) >= 11 is 5.29. The minimum atomic E-state index is -4.04. The normalized spacial score (nSPS) is 14.2. The summed E-state index contributed by atoms with van der Waals surface area (Å²) in [6.45, 7) is 3.83. The Morgan fingerprint density at radius 1 is 1.19 bits per heavy atom. The molecule has 0 aromatic heterocycles. The molecule has 1 aliphatic heterocycles. The molecule has 144 valence electrons. The molecule has 1 heterocycles. The summed E-state index contributed by atoms with van der Waals surface area (Å²) in [5.74, 6) is 0.747. The van der Waals surface area contributed by atoms with Gasteiger partial charge in [-0.1, -0.05) is 18.2 Å². The molecule has 0 saturated carbocycles. The van der Waals surface area contributed by atoms with Gasteiger partial charge in [-0.25, -0.2) is 13.6 Å². The number of hydrogen-bond donors (Lipinski definition) is 1. The highest BCUT2D eigenvalue weighted by atomic mass is 32.2. The summed E-state index contributed by atoms with van der Waals surface area (Å²) in [4.78, 5) is 1.98. The molecular weight excluding hydrogens is 384 g/mol. The monoisotopic (exact) mass is 406 g/mol. The molecule has 3 rings (SSSR count). The van der Waals surface area contributed by atoms with E-state index in [1.165, 1.54) is 6.07 Å². The largest absolute Gasteiger partial charge is 0.483 e. The van der Waals surface area contributed by atoms with Crippen molar-refractivity contribution in [1.82, 2.24) is 0 Å². The van der Waals surface area contributed by atoms with Gasteiger partial charge < -0.3 is 14.4 Å². The van der Waals surface area contributed by atoms with Gasteiger partial charge in [-0.15, -0.1) is 0 Å². The zero-order valence-corrected chi connectivity index (χ0v) is 16.7. The van der Waals surface area contributed by atoms with Crippen molar-refractivity contribution < 1.29 is 17.9 Å². The fraction of sp³-hybridized carbons (Fsp3) is 0.316. The number of nitrogens with two attached hydrogens (primary N) is 1. The van der Waals surface area contributed by atoms with Crippen LogP contribution >= 0.6 is 12.2 Å². The molecule has 2 N–H and O–H groups in total. The molecule has 27 heavy (non-hydrogen) atoms. The molecule has 1 saturated heterocycles. The molecule has 0 unspecified atom stereocenters. The van der Waals surface area contributed by atoms with Crippen LogP contribution in [0.1, 0.15) is 25.3 Å². The van der Waals surface area contributed by atoms with Crippen molar-refractivity contribution in [3.8, 4) is 11.5 Å². The first kappa shape index (κ1) is 19.6. The van der Waals surface area contributed by atoms with Gasteiger partial charge >= 0.3 is 0 Å². The number of rotatable bonds is 6. The van der Waals surface area contributed by atoms with E-state index in [4.69, 9.17) is 26.8 Å². The molecule has 6 nitrogen and oxygen atoms in total. The van der Waals surface area contributed by atoms with Gasteiger partial charge in [-0.3, -0.25) is 0 Å². The lowest BCUT2D eigenvalue weighted by Crippen LogP contribution is -2.22. The molecule has 2 aromatic carbocycles. The third-order valence-corrected chi connectivity index (χ3v) is 5.53. The van der Waals surface area contributed by atoms with Crippen molar-refractivity contribution in [2.24, 2.45) is 5.14 Å². The predicted molar refractivity (Wildman–Crippen MR) is 109 cm³/mol. The van der Waals surface area contributed by atoms with Gasteiger partial charge in [0, 0.05) is 18.7 Å². The molecule has 8 heteroatoms. The molecule has 0 atom stereocenters. The van der Waals surface area contributed by atoms with E-state index in [1.807, 2.05) is 31.2 Å². The predicted octanol–water partition coefficient (Wildman–Crippen LogP) is 3.44. The van der Waals surface area contributed by atoms with Crippen molar-refractivity contribution in [2.75, 3.05) is 24.6 Å². The summed E-state index contributed by atoms with van der Waals surface area (Å²) in [5, 5.41) is 5.74. The highest BCUT2D eigenvalue weighted by Crippen LogP contribution is 2.40. The first-order valence-electron chi connectivity index (χ1n) is 8.76. The van der Waals surface area contributed by atoms with Crippen LogP contribution in [0.5, 0.6) is 11.5 Å². The third kappa shape index (κ3) is 4.58. The summed E-state index contributed by atoms with van der Waals surface area (Å²) in [7, 11) is -4.04. The number of ether oxygens (including phenoxy) is 2. The Morgan fingerprint density at radius 3 is 2.44 bits per heavy atom. The van der Waals surface area contributed by atoms with E-state index in [0.717, 1.165) is 25.9 Å². The zero-order valence-electron chi connectivity index (χ0n) is 15.1. The maximum Gasteiger partial charge on any atom is 0.241 e. The van der Waals surface area contributed by atoms with Crippen LogP contribution < -0.4 is 14.8 Å². The van der Waals surface area contributed by atoms with E-state index in [-0.39, 0.29) is 15.7 Å². The number of nitrogens with zero attached hydrogens (tertiary/aromatic N) is 1. The Hall–Kier alpha value is -2.16. The van der Waals surface area contributed by atoms with Crippen LogP contribution in [0, 0.1) is 0 Å². The minimum absolute atomic E-state index is 0.104.